The molecule has 0 aliphatic heterocycles. The first kappa shape index (κ1) is 12.9. The van der Waals surface area contributed by atoms with Crippen LogP contribution >= 0.6 is 0 Å². The third kappa shape index (κ3) is 1.95. The standard InChI is InChI=1S/C13H14O4S/c1-8-4-5-11-10(6-8)7-12(9(2)13(11)14)18(15,16)17-3/h4-7,14H,1-3H3. The Bertz CT molecular complexity index is 717. The predicted octanol–water partition coefficient (Wildman–Crippen LogP) is 2.50. The number of aromatic hydroxyl groups is 1. The highest BCUT2D eigenvalue weighted by molar-refractivity contribution is 7.86. The van der Waals surface area contributed by atoms with Crippen molar-refractivity contribution in [2.45, 2.75) is 18.7 Å². The summed E-state index contributed by atoms with van der Waals surface area (Å²) in [6.45, 7) is 3.46. The van der Waals surface area contributed by atoms with E-state index in [-0.39, 0.29) is 10.6 Å². The van der Waals surface area contributed by atoms with Gasteiger partial charge in [0.15, 0.2) is 0 Å². The van der Waals surface area contributed by atoms with E-state index >= 15 is 0 Å². The van der Waals surface area contributed by atoms with Gasteiger partial charge in [-0.1, -0.05) is 23.8 Å². The van der Waals surface area contributed by atoms with Gasteiger partial charge in [-0.2, -0.15) is 8.42 Å². The molecule has 0 aliphatic carbocycles. The van der Waals surface area contributed by atoms with Gasteiger partial charge in [-0.25, -0.2) is 0 Å². The quantitative estimate of drug-likeness (QED) is 0.848. The fourth-order valence-corrected chi connectivity index (χ4v) is 2.86. The highest BCUT2D eigenvalue weighted by Gasteiger charge is 2.20. The lowest BCUT2D eigenvalue weighted by atomic mass is 10.0. The molecule has 18 heavy (non-hydrogen) atoms. The molecule has 0 aliphatic rings. The summed E-state index contributed by atoms with van der Waals surface area (Å²) < 4.78 is 28.0. The van der Waals surface area contributed by atoms with Gasteiger partial charge in [-0.3, -0.25) is 4.18 Å². The van der Waals surface area contributed by atoms with Crippen LogP contribution < -0.4 is 0 Å². The Morgan fingerprint density at radius 2 is 1.83 bits per heavy atom. The van der Waals surface area contributed by atoms with Crippen molar-refractivity contribution in [3.63, 3.8) is 0 Å². The van der Waals surface area contributed by atoms with Crippen LogP contribution in [0.5, 0.6) is 5.75 Å². The Balaban J connectivity index is 2.90. The average molecular weight is 266 g/mol. The summed E-state index contributed by atoms with van der Waals surface area (Å²) in [6, 6.07) is 6.99. The van der Waals surface area contributed by atoms with E-state index < -0.39 is 10.1 Å². The molecule has 0 unspecified atom stereocenters. The molecule has 1 N–H and O–H groups in total. The molecule has 0 atom stereocenters. The molecule has 2 aromatic rings. The van der Waals surface area contributed by atoms with E-state index in [0.29, 0.717) is 16.3 Å². The minimum Gasteiger partial charge on any atom is -0.507 e. The van der Waals surface area contributed by atoms with Gasteiger partial charge in [0.25, 0.3) is 10.1 Å². The van der Waals surface area contributed by atoms with Crippen molar-refractivity contribution >= 4 is 20.9 Å². The maximum Gasteiger partial charge on any atom is 0.297 e. The molecule has 0 bridgehead atoms. The number of hydrogen-bond donors (Lipinski definition) is 1. The number of rotatable bonds is 2. The van der Waals surface area contributed by atoms with Gasteiger partial charge in [0, 0.05) is 10.9 Å². The van der Waals surface area contributed by atoms with Gasteiger partial charge in [-0.05, 0) is 25.3 Å². The molecular formula is C13H14O4S. The second kappa shape index (κ2) is 4.26. The van der Waals surface area contributed by atoms with Crippen LogP contribution in [0.3, 0.4) is 0 Å². The fourth-order valence-electron chi connectivity index (χ4n) is 1.93. The zero-order chi connectivity index (χ0) is 13.5. The Kier molecular flexibility index (Phi) is 3.04. The highest BCUT2D eigenvalue weighted by Crippen LogP contribution is 2.34. The molecule has 2 rings (SSSR count). The molecule has 0 fully saturated rings. The van der Waals surface area contributed by atoms with Crippen molar-refractivity contribution in [2.75, 3.05) is 7.11 Å². The number of phenols is 1. The van der Waals surface area contributed by atoms with Gasteiger partial charge in [0.2, 0.25) is 0 Å². The molecule has 2 aromatic carbocycles. The van der Waals surface area contributed by atoms with Crippen LogP contribution in [0.4, 0.5) is 0 Å². The molecular weight excluding hydrogens is 252 g/mol. The van der Waals surface area contributed by atoms with Crippen LogP contribution in [0, 0.1) is 13.8 Å². The van der Waals surface area contributed by atoms with E-state index in [1.54, 1.807) is 13.0 Å². The fraction of sp³-hybridized carbons (Fsp3) is 0.231. The van der Waals surface area contributed by atoms with Crippen molar-refractivity contribution in [1.29, 1.82) is 0 Å². The van der Waals surface area contributed by atoms with E-state index in [9.17, 15) is 13.5 Å². The van der Waals surface area contributed by atoms with E-state index in [1.165, 1.54) is 6.07 Å². The average Bonchev–Trinajstić information content (AvgIpc) is 2.33. The lowest BCUT2D eigenvalue weighted by molar-refractivity contribution is 0.396. The van der Waals surface area contributed by atoms with Crippen LogP contribution in [-0.4, -0.2) is 20.6 Å². The first-order valence-corrected chi connectivity index (χ1v) is 6.81. The van der Waals surface area contributed by atoms with E-state index in [4.69, 9.17) is 0 Å². The van der Waals surface area contributed by atoms with E-state index in [1.807, 2.05) is 19.1 Å². The summed E-state index contributed by atoms with van der Waals surface area (Å²) in [6.07, 6.45) is 0. The molecule has 96 valence electrons. The van der Waals surface area contributed by atoms with E-state index in [0.717, 1.165) is 12.7 Å². The largest absolute Gasteiger partial charge is 0.507 e. The lowest BCUT2D eigenvalue weighted by Gasteiger charge is -2.11. The van der Waals surface area contributed by atoms with Gasteiger partial charge in [0.1, 0.15) is 10.6 Å². The van der Waals surface area contributed by atoms with Crippen LogP contribution in [0.15, 0.2) is 29.2 Å². The Morgan fingerprint density at radius 3 is 2.44 bits per heavy atom. The van der Waals surface area contributed by atoms with Crippen LogP contribution in [0.2, 0.25) is 0 Å². The summed E-state index contributed by atoms with van der Waals surface area (Å²) >= 11 is 0. The Labute approximate surface area is 106 Å². The maximum atomic E-state index is 11.8. The first-order valence-electron chi connectivity index (χ1n) is 5.40. The number of fused-ring (bicyclic) bond motifs is 1. The van der Waals surface area contributed by atoms with Crippen molar-refractivity contribution in [3.05, 3.63) is 35.4 Å². The van der Waals surface area contributed by atoms with Crippen molar-refractivity contribution in [3.8, 4) is 5.75 Å². The summed E-state index contributed by atoms with van der Waals surface area (Å²) in [4.78, 5) is 0.000556. The monoisotopic (exact) mass is 266 g/mol. The van der Waals surface area contributed by atoms with Gasteiger partial charge >= 0.3 is 0 Å². The molecule has 0 spiro atoms. The van der Waals surface area contributed by atoms with Crippen LogP contribution in [-0.2, 0) is 14.3 Å². The lowest BCUT2D eigenvalue weighted by Crippen LogP contribution is -2.05. The molecule has 0 radical (unpaired) electrons. The third-order valence-corrected chi connectivity index (χ3v) is 4.36. The minimum absolute atomic E-state index is 0.000556. The summed E-state index contributed by atoms with van der Waals surface area (Å²) in [5, 5.41) is 11.4. The molecule has 0 amide bonds. The molecule has 0 aromatic heterocycles. The van der Waals surface area contributed by atoms with Crippen molar-refractivity contribution in [2.24, 2.45) is 0 Å². The second-order valence-electron chi connectivity index (χ2n) is 4.19. The number of phenolic OH excluding ortho intramolecular Hbond substituents is 1. The summed E-state index contributed by atoms with van der Waals surface area (Å²) in [5.41, 5.74) is 1.29. The maximum absolute atomic E-state index is 11.8. The number of hydrogen-bond acceptors (Lipinski definition) is 4. The van der Waals surface area contributed by atoms with Crippen LogP contribution in [0.1, 0.15) is 11.1 Å². The third-order valence-electron chi connectivity index (χ3n) is 2.96. The molecule has 5 heteroatoms. The van der Waals surface area contributed by atoms with Crippen molar-refractivity contribution < 1.29 is 17.7 Å². The van der Waals surface area contributed by atoms with Gasteiger partial charge in [-0.15, -0.1) is 0 Å². The first-order chi connectivity index (χ1) is 8.36. The predicted molar refractivity (Wildman–Crippen MR) is 69.3 cm³/mol. The zero-order valence-electron chi connectivity index (χ0n) is 10.4. The molecule has 0 saturated carbocycles. The molecule has 0 saturated heterocycles. The molecule has 0 heterocycles. The summed E-state index contributed by atoms with van der Waals surface area (Å²) in [5.74, 6) is -0.0249. The SMILES string of the molecule is COS(=O)(=O)c1cc2cc(C)ccc2c(O)c1C. The minimum atomic E-state index is -3.82. The van der Waals surface area contributed by atoms with E-state index in [2.05, 4.69) is 4.18 Å². The molecule has 4 nitrogen and oxygen atoms in total. The number of aryl methyl sites for hydroxylation is 1. The van der Waals surface area contributed by atoms with Crippen molar-refractivity contribution in [1.82, 2.24) is 0 Å². The number of benzene rings is 2. The topological polar surface area (TPSA) is 63.6 Å². The highest BCUT2D eigenvalue weighted by atomic mass is 32.2. The smallest absolute Gasteiger partial charge is 0.297 e. The summed E-state index contributed by atoms with van der Waals surface area (Å²) in [7, 11) is -2.71. The Morgan fingerprint density at radius 1 is 1.17 bits per heavy atom. The Hall–Kier alpha value is -1.59. The zero-order valence-corrected chi connectivity index (χ0v) is 11.2. The normalized spacial score (nSPS) is 11.9. The van der Waals surface area contributed by atoms with Gasteiger partial charge < -0.3 is 5.11 Å². The van der Waals surface area contributed by atoms with Crippen LogP contribution in [0.25, 0.3) is 10.8 Å². The van der Waals surface area contributed by atoms with Gasteiger partial charge in [0.05, 0.1) is 7.11 Å². The second-order valence-corrected chi connectivity index (χ2v) is 5.88.